The Balaban J connectivity index is 2.20. The van der Waals surface area contributed by atoms with E-state index in [1.165, 1.54) is 11.1 Å². The lowest BCUT2D eigenvalue weighted by Gasteiger charge is -2.22. The van der Waals surface area contributed by atoms with E-state index < -0.39 is 0 Å². The number of hydrogen-bond donors (Lipinski definition) is 0. The van der Waals surface area contributed by atoms with Gasteiger partial charge in [-0.05, 0) is 43.2 Å². The fourth-order valence-corrected chi connectivity index (χ4v) is 2.35. The molecule has 0 saturated heterocycles. The summed E-state index contributed by atoms with van der Waals surface area (Å²) in [5.74, 6) is 0. The Morgan fingerprint density at radius 3 is 2.53 bits per heavy atom. The van der Waals surface area contributed by atoms with Crippen LogP contribution in [0.1, 0.15) is 27.0 Å². The van der Waals surface area contributed by atoms with E-state index in [0.717, 1.165) is 29.6 Å². The summed E-state index contributed by atoms with van der Waals surface area (Å²) in [6.07, 6.45) is 0.886. The molecule has 0 aliphatic rings. The standard InChI is InChI=1S/C17H19NO/c1-13-5-4-6-15(9-13)11-18(3)17-8-7-16(12-19)10-14(17)2/h4-10,12H,11H2,1-3H3. The first-order valence-electron chi connectivity index (χ1n) is 6.42. The van der Waals surface area contributed by atoms with Crippen molar-refractivity contribution in [2.45, 2.75) is 20.4 Å². The molecular weight excluding hydrogens is 234 g/mol. The quantitative estimate of drug-likeness (QED) is 0.773. The molecule has 0 N–H and O–H groups in total. The molecular formula is C17H19NO. The van der Waals surface area contributed by atoms with E-state index in [2.05, 4.69) is 43.1 Å². The van der Waals surface area contributed by atoms with Crippen LogP contribution in [0.2, 0.25) is 0 Å². The lowest BCUT2D eigenvalue weighted by molar-refractivity contribution is 0.112. The Bertz CT molecular complexity index is 590. The molecule has 2 aromatic rings. The molecule has 2 nitrogen and oxygen atoms in total. The highest BCUT2D eigenvalue weighted by Gasteiger charge is 2.06. The van der Waals surface area contributed by atoms with Crippen LogP contribution in [0.15, 0.2) is 42.5 Å². The van der Waals surface area contributed by atoms with E-state index in [9.17, 15) is 4.79 Å². The van der Waals surface area contributed by atoms with Crippen molar-refractivity contribution >= 4 is 12.0 Å². The summed E-state index contributed by atoms with van der Waals surface area (Å²) in [7, 11) is 2.07. The Morgan fingerprint density at radius 1 is 1.11 bits per heavy atom. The molecule has 0 bridgehead atoms. The lowest BCUT2D eigenvalue weighted by Crippen LogP contribution is -2.17. The van der Waals surface area contributed by atoms with Crippen molar-refractivity contribution in [2.24, 2.45) is 0 Å². The molecule has 0 fully saturated rings. The molecule has 0 aliphatic heterocycles. The summed E-state index contributed by atoms with van der Waals surface area (Å²) in [5, 5.41) is 0. The molecule has 0 unspecified atom stereocenters. The monoisotopic (exact) mass is 253 g/mol. The maximum Gasteiger partial charge on any atom is 0.150 e. The SMILES string of the molecule is Cc1cccc(CN(C)c2ccc(C=O)cc2C)c1. The minimum absolute atomic E-state index is 0.727. The number of anilines is 1. The van der Waals surface area contributed by atoms with Crippen LogP contribution >= 0.6 is 0 Å². The minimum Gasteiger partial charge on any atom is -0.370 e. The van der Waals surface area contributed by atoms with Crippen LogP contribution in [-0.2, 0) is 6.54 Å². The Kier molecular flexibility index (Phi) is 4.00. The lowest BCUT2D eigenvalue weighted by atomic mass is 10.1. The summed E-state index contributed by atoms with van der Waals surface area (Å²) in [4.78, 5) is 13.0. The van der Waals surface area contributed by atoms with Gasteiger partial charge in [0.25, 0.3) is 0 Å². The molecule has 98 valence electrons. The van der Waals surface area contributed by atoms with Crippen molar-refractivity contribution in [3.05, 3.63) is 64.7 Å². The molecule has 19 heavy (non-hydrogen) atoms. The molecule has 0 aliphatic carbocycles. The van der Waals surface area contributed by atoms with E-state index in [1.54, 1.807) is 0 Å². The van der Waals surface area contributed by atoms with Crippen LogP contribution in [0.4, 0.5) is 5.69 Å². The fourth-order valence-electron chi connectivity index (χ4n) is 2.35. The van der Waals surface area contributed by atoms with Gasteiger partial charge in [0.1, 0.15) is 6.29 Å². The van der Waals surface area contributed by atoms with Gasteiger partial charge in [-0.25, -0.2) is 0 Å². The van der Waals surface area contributed by atoms with Crippen molar-refractivity contribution in [1.82, 2.24) is 0 Å². The first-order chi connectivity index (χ1) is 9.10. The van der Waals surface area contributed by atoms with Crippen LogP contribution in [0.3, 0.4) is 0 Å². The van der Waals surface area contributed by atoms with Crippen LogP contribution in [-0.4, -0.2) is 13.3 Å². The van der Waals surface area contributed by atoms with E-state index in [1.807, 2.05) is 25.1 Å². The van der Waals surface area contributed by atoms with E-state index in [0.29, 0.717) is 0 Å². The van der Waals surface area contributed by atoms with Gasteiger partial charge in [-0.3, -0.25) is 4.79 Å². The van der Waals surface area contributed by atoms with Crippen molar-refractivity contribution in [3.8, 4) is 0 Å². The first-order valence-corrected chi connectivity index (χ1v) is 6.42. The molecule has 2 rings (SSSR count). The Hall–Kier alpha value is -2.09. The molecule has 2 heteroatoms. The minimum atomic E-state index is 0.727. The second-order valence-electron chi connectivity index (χ2n) is 5.01. The van der Waals surface area contributed by atoms with Crippen LogP contribution < -0.4 is 4.90 Å². The number of carbonyl (C=O) groups excluding carboxylic acids is 1. The average molecular weight is 253 g/mol. The predicted molar refractivity (Wildman–Crippen MR) is 79.9 cm³/mol. The highest BCUT2D eigenvalue weighted by atomic mass is 16.1. The number of carbonyl (C=O) groups is 1. The number of aryl methyl sites for hydroxylation is 2. The van der Waals surface area contributed by atoms with Gasteiger partial charge < -0.3 is 4.90 Å². The second kappa shape index (κ2) is 5.70. The largest absolute Gasteiger partial charge is 0.370 e. The first kappa shape index (κ1) is 13.3. The van der Waals surface area contributed by atoms with Crippen molar-refractivity contribution in [2.75, 3.05) is 11.9 Å². The van der Waals surface area contributed by atoms with Gasteiger partial charge >= 0.3 is 0 Å². The molecule has 2 aromatic carbocycles. The third-order valence-electron chi connectivity index (χ3n) is 3.27. The molecule has 0 saturated carbocycles. The number of aldehydes is 1. The highest BCUT2D eigenvalue weighted by Crippen LogP contribution is 2.21. The van der Waals surface area contributed by atoms with E-state index in [4.69, 9.17) is 0 Å². The topological polar surface area (TPSA) is 20.3 Å². The van der Waals surface area contributed by atoms with E-state index >= 15 is 0 Å². The second-order valence-corrected chi connectivity index (χ2v) is 5.01. The molecule has 0 amide bonds. The number of nitrogens with zero attached hydrogens (tertiary/aromatic N) is 1. The normalized spacial score (nSPS) is 10.3. The summed E-state index contributed by atoms with van der Waals surface area (Å²) in [6.45, 7) is 5.01. The van der Waals surface area contributed by atoms with Gasteiger partial charge in [-0.1, -0.05) is 29.8 Å². The average Bonchev–Trinajstić information content (AvgIpc) is 2.38. The summed E-state index contributed by atoms with van der Waals surface area (Å²) in [6, 6.07) is 14.3. The van der Waals surface area contributed by atoms with Crippen LogP contribution in [0, 0.1) is 13.8 Å². The van der Waals surface area contributed by atoms with Gasteiger partial charge in [0, 0.05) is 24.8 Å². The zero-order chi connectivity index (χ0) is 13.8. The Morgan fingerprint density at radius 2 is 1.89 bits per heavy atom. The summed E-state index contributed by atoms with van der Waals surface area (Å²) in [5.41, 5.74) is 5.58. The Labute approximate surface area is 114 Å². The van der Waals surface area contributed by atoms with Crippen LogP contribution in [0.25, 0.3) is 0 Å². The van der Waals surface area contributed by atoms with Crippen LogP contribution in [0.5, 0.6) is 0 Å². The number of hydrogen-bond acceptors (Lipinski definition) is 2. The van der Waals surface area contributed by atoms with Gasteiger partial charge in [0.05, 0.1) is 0 Å². The van der Waals surface area contributed by atoms with Gasteiger partial charge in [-0.15, -0.1) is 0 Å². The highest BCUT2D eigenvalue weighted by molar-refractivity contribution is 5.76. The van der Waals surface area contributed by atoms with Crippen molar-refractivity contribution in [3.63, 3.8) is 0 Å². The molecule has 0 atom stereocenters. The molecule has 0 spiro atoms. The molecule has 0 heterocycles. The van der Waals surface area contributed by atoms with Crippen molar-refractivity contribution < 1.29 is 4.79 Å². The third kappa shape index (κ3) is 3.22. The van der Waals surface area contributed by atoms with E-state index in [-0.39, 0.29) is 0 Å². The molecule has 0 aromatic heterocycles. The predicted octanol–water partition coefficient (Wildman–Crippen LogP) is 3.75. The zero-order valence-corrected chi connectivity index (χ0v) is 11.7. The molecule has 0 radical (unpaired) electrons. The maximum atomic E-state index is 10.8. The zero-order valence-electron chi connectivity index (χ0n) is 11.7. The van der Waals surface area contributed by atoms with Gasteiger partial charge in [0.15, 0.2) is 0 Å². The third-order valence-corrected chi connectivity index (χ3v) is 3.27. The summed E-state index contributed by atoms with van der Waals surface area (Å²) < 4.78 is 0. The smallest absolute Gasteiger partial charge is 0.150 e. The number of benzene rings is 2. The van der Waals surface area contributed by atoms with Gasteiger partial charge in [0.2, 0.25) is 0 Å². The van der Waals surface area contributed by atoms with Crippen molar-refractivity contribution in [1.29, 1.82) is 0 Å². The summed E-state index contributed by atoms with van der Waals surface area (Å²) >= 11 is 0. The van der Waals surface area contributed by atoms with Gasteiger partial charge in [-0.2, -0.15) is 0 Å². The maximum absolute atomic E-state index is 10.8. The fraction of sp³-hybridized carbons (Fsp3) is 0.235. The number of rotatable bonds is 4.